The summed E-state index contributed by atoms with van der Waals surface area (Å²) in [5, 5.41) is 0. The molecule has 0 amide bonds. The Balaban J connectivity index is 2.47. The van der Waals surface area contributed by atoms with Crippen molar-refractivity contribution in [3.05, 3.63) is 12.2 Å². The maximum absolute atomic E-state index is 11.4. The van der Waals surface area contributed by atoms with E-state index in [1.807, 2.05) is 6.92 Å². The quantitative estimate of drug-likeness (QED) is 0.644. The van der Waals surface area contributed by atoms with Crippen LogP contribution in [-0.2, 0) is 14.3 Å². The van der Waals surface area contributed by atoms with Crippen molar-refractivity contribution in [3.63, 3.8) is 0 Å². The van der Waals surface area contributed by atoms with Gasteiger partial charge in [0.15, 0.2) is 5.78 Å². The lowest BCUT2D eigenvalue weighted by molar-refractivity contribution is -0.119. The smallest absolute Gasteiger partial charge is 0.429 e. The van der Waals surface area contributed by atoms with Gasteiger partial charge in [0.2, 0.25) is 0 Å². The maximum atomic E-state index is 11.4. The van der Waals surface area contributed by atoms with Crippen LogP contribution < -0.4 is 0 Å². The van der Waals surface area contributed by atoms with Crippen molar-refractivity contribution in [2.24, 2.45) is 5.92 Å². The van der Waals surface area contributed by atoms with Crippen LogP contribution in [0.15, 0.2) is 12.2 Å². The molecule has 0 aromatic carbocycles. The monoisotopic (exact) mass is 226 g/mol. The molecule has 0 aliphatic heterocycles. The van der Waals surface area contributed by atoms with E-state index in [-0.39, 0.29) is 17.8 Å². The first-order valence-electron chi connectivity index (χ1n) is 5.39. The van der Waals surface area contributed by atoms with Gasteiger partial charge >= 0.3 is 6.16 Å². The van der Waals surface area contributed by atoms with E-state index in [0.29, 0.717) is 6.42 Å². The second-order valence-corrected chi connectivity index (χ2v) is 5.02. The molecule has 0 saturated carbocycles. The van der Waals surface area contributed by atoms with Gasteiger partial charge in [0.05, 0.1) is 0 Å². The van der Waals surface area contributed by atoms with Crippen molar-refractivity contribution in [2.45, 2.75) is 45.8 Å². The number of carbonyl (C=O) groups is 2. The van der Waals surface area contributed by atoms with E-state index in [0.717, 1.165) is 0 Å². The fourth-order valence-electron chi connectivity index (χ4n) is 1.39. The van der Waals surface area contributed by atoms with Crippen LogP contribution in [0.4, 0.5) is 4.79 Å². The summed E-state index contributed by atoms with van der Waals surface area (Å²) in [5.41, 5.74) is -0.559. The van der Waals surface area contributed by atoms with Crippen LogP contribution >= 0.6 is 0 Å². The molecule has 1 aliphatic carbocycles. The zero-order valence-corrected chi connectivity index (χ0v) is 10.1. The lowest BCUT2D eigenvalue weighted by Gasteiger charge is -2.24. The van der Waals surface area contributed by atoms with Gasteiger partial charge in [-0.05, 0) is 39.3 Å². The lowest BCUT2D eigenvalue weighted by atomic mass is 9.93. The van der Waals surface area contributed by atoms with Gasteiger partial charge in [0.1, 0.15) is 11.7 Å². The molecule has 0 heterocycles. The minimum absolute atomic E-state index is 0.0732. The molecule has 0 spiro atoms. The Labute approximate surface area is 95.6 Å². The normalized spacial score (nSPS) is 25.4. The SMILES string of the molecule is C[C@@H]1C[C@H](OC(=O)OC(C)(C)C)C=CC1=O. The average molecular weight is 226 g/mol. The summed E-state index contributed by atoms with van der Waals surface area (Å²) in [7, 11) is 0. The van der Waals surface area contributed by atoms with Crippen molar-refractivity contribution >= 4 is 11.9 Å². The molecule has 0 saturated heterocycles. The van der Waals surface area contributed by atoms with E-state index < -0.39 is 11.8 Å². The summed E-state index contributed by atoms with van der Waals surface area (Å²) < 4.78 is 10.1. The molecular weight excluding hydrogens is 208 g/mol. The Hall–Kier alpha value is -1.32. The third kappa shape index (κ3) is 4.04. The van der Waals surface area contributed by atoms with Gasteiger partial charge in [-0.15, -0.1) is 0 Å². The highest BCUT2D eigenvalue weighted by Crippen LogP contribution is 2.19. The largest absolute Gasteiger partial charge is 0.509 e. The van der Waals surface area contributed by atoms with Crippen molar-refractivity contribution in [1.29, 1.82) is 0 Å². The Morgan fingerprint density at radius 1 is 1.44 bits per heavy atom. The maximum Gasteiger partial charge on any atom is 0.509 e. The molecule has 0 radical (unpaired) electrons. The van der Waals surface area contributed by atoms with E-state index in [1.54, 1.807) is 26.8 Å². The van der Waals surface area contributed by atoms with Gasteiger partial charge < -0.3 is 9.47 Å². The minimum Gasteiger partial charge on any atom is -0.429 e. The first-order chi connectivity index (χ1) is 7.28. The molecular formula is C12H18O4. The second kappa shape index (κ2) is 4.68. The van der Waals surface area contributed by atoms with E-state index in [1.165, 1.54) is 6.08 Å². The molecule has 0 aromatic heterocycles. The highest BCUT2D eigenvalue weighted by molar-refractivity contribution is 5.92. The van der Waals surface area contributed by atoms with Crippen molar-refractivity contribution in [3.8, 4) is 0 Å². The number of carbonyl (C=O) groups excluding carboxylic acids is 2. The summed E-state index contributed by atoms with van der Waals surface area (Å²) in [6.45, 7) is 7.14. The summed E-state index contributed by atoms with van der Waals surface area (Å²) in [6.07, 6.45) is 2.54. The second-order valence-electron chi connectivity index (χ2n) is 5.02. The summed E-state index contributed by atoms with van der Waals surface area (Å²) >= 11 is 0. The van der Waals surface area contributed by atoms with Gasteiger partial charge in [0, 0.05) is 5.92 Å². The molecule has 16 heavy (non-hydrogen) atoms. The number of ether oxygens (including phenoxy) is 2. The van der Waals surface area contributed by atoms with Crippen LogP contribution in [0.2, 0.25) is 0 Å². The van der Waals surface area contributed by atoms with Crippen LogP contribution in [0.1, 0.15) is 34.1 Å². The van der Waals surface area contributed by atoms with E-state index >= 15 is 0 Å². The fraction of sp³-hybridized carbons (Fsp3) is 0.667. The Bertz CT molecular complexity index is 311. The lowest BCUT2D eigenvalue weighted by Crippen LogP contribution is -2.30. The number of hydrogen-bond donors (Lipinski definition) is 0. The summed E-state index contributed by atoms with van der Waals surface area (Å²) in [5.74, 6) is -0.0264. The molecule has 0 bridgehead atoms. The fourth-order valence-corrected chi connectivity index (χ4v) is 1.39. The predicted molar refractivity (Wildman–Crippen MR) is 59.0 cm³/mol. The number of ketones is 1. The predicted octanol–water partition coefficient (Wildman–Crippen LogP) is 2.47. The number of rotatable bonds is 1. The Morgan fingerprint density at radius 2 is 2.06 bits per heavy atom. The molecule has 2 atom stereocenters. The third-order valence-electron chi connectivity index (χ3n) is 2.18. The number of allylic oxidation sites excluding steroid dienone is 1. The van der Waals surface area contributed by atoms with Gasteiger partial charge in [-0.3, -0.25) is 4.79 Å². The molecule has 0 unspecified atom stereocenters. The standard InChI is InChI=1S/C12H18O4/c1-8-7-9(5-6-10(8)13)15-11(14)16-12(2,3)4/h5-6,8-9H,7H2,1-4H3/t8-,9-/m1/s1. The minimum atomic E-state index is -0.691. The van der Waals surface area contributed by atoms with Gasteiger partial charge in [0.25, 0.3) is 0 Å². The first-order valence-corrected chi connectivity index (χ1v) is 5.39. The summed E-state index contributed by atoms with van der Waals surface area (Å²) in [6, 6.07) is 0. The zero-order chi connectivity index (χ0) is 12.3. The van der Waals surface area contributed by atoms with Crippen molar-refractivity contribution in [2.75, 3.05) is 0 Å². The molecule has 0 aromatic rings. The molecule has 4 heteroatoms. The molecule has 1 rings (SSSR count). The average Bonchev–Trinajstić information content (AvgIpc) is 2.08. The zero-order valence-electron chi connectivity index (χ0n) is 10.1. The molecule has 0 fully saturated rings. The molecule has 90 valence electrons. The highest BCUT2D eigenvalue weighted by atomic mass is 16.7. The van der Waals surface area contributed by atoms with E-state index in [9.17, 15) is 9.59 Å². The van der Waals surface area contributed by atoms with E-state index in [2.05, 4.69) is 0 Å². The van der Waals surface area contributed by atoms with Crippen LogP contribution in [0, 0.1) is 5.92 Å². The van der Waals surface area contributed by atoms with Crippen LogP contribution in [0.3, 0.4) is 0 Å². The van der Waals surface area contributed by atoms with Gasteiger partial charge in [-0.1, -0.05) is 6.92 Å². The first kappa shape index (κ1) is 12.7. The van der Waals surface area contributed by atoms with E-state index in [4.69, 9.17) is 9.47 Å². The Kier molecular flexibility index (Phi) is 3.73. The highest BCUT2D eigenvalue weighted by Gasteiger charge is 2.25. The van der Waals surface area contributed by atoms with Gasteiger partial charge in [-0.2, -0.15) is 0 Å². The molecule has 4 nitrogen and oxygen atoms in total. The third-order valence-corrected chi connectivity index (χ3v) is 2.18. The number of hydrogen-bond acceptors (Lipinski definition) is 4. The summed E-state index contributed by atoms with van der Waals surface area (Å²) in [4.78, 5) is 22.5. The van der Waals surface area contributed by atoms with Crippen LogP contribution in [0.5, 0.6) is 0 Å². The van der Waals surface area contributed by atoms with Crippen molar-refractivity contribution < 1.29 is 19.1 Å². The van der Waals surface area contributed by atoms with Crippen LogP contribution in [-0.4, -0.2) is 23.6 Å². The molecule has 1 aliphatic rings. The van der Waals surface area contributed by atoms with Crippen molar-refractivity contribution in [1.82, 2.24) is 0 Å². The topological polar surface area (TPSA) is 52.6 Å². The Morgan fingerprint density at radius 3 is 2.56 bits per heavy atom. The molecule has 0 N–H and O–H groups in total. The van der Waals surface area contributed by atoms with Gasteiger partial charge in [-0.25, -0.2) is 4.79 Å². The van der Waals surface area contributed by atoms with Crippen LogP contribution in [0.25, 0.3) is 0 Å².